The molecule has 0 aliphatic rings. The molecule has 0 saturated carbocycles. The average Bonchev–Trinajstić information content (AvgIpc) is 1.03. The predicted molar refractivity (Wildman–Crippen MR) is 400 cm³/mol. The summed E-state index contributed by atoms with van der Waals surface area (Å²) in [7, 11) is -9.91. The van der Waals surface area contributed by atoms with E-state index in [1.165, 1.54) is 244 Å². The molecule has 0 bridgehead atoms. The number of esters is 4. The number of aliphatic hydroxyl groups excluding tert-OH is 1. The van der Waals surface area contributed by atoms with Crippen molar-refractivity contribution < 1.29 is 80.2 Å². The van der Waals surface area contributed by atoms with E-state index in [0.717, 1.165) is 95.8 Å². The molecule has 6 atom stereocenters. The van der Waals surface area contributed by atoms with Gasteiger partial charge in [-0.05, 0) is 31.6 Å². The van der Waals surface area contributed by atoms with Crippen LogP contribution in [0.15, 0.2) is 0 Å². The second-order valence-electron chi connectivity index (χ2n) is 28.7. The molecule has 0 saturated heterocycles. The molecule has 3 unspecified atom stereocenters. The van der Waals surface area contributed by atoms with E-state index >= 15 is 0 Å². The third-order valence-corrected chi connectivity index (χ3v) is 20.8. The van der Waals surface area contributed by atoms with Crippen molar-refractivity contribution >= 4 is 39.5 Å². The largest absolute Gasteiger partial charge is 0.472 e. The topological polar surface area (TPSA) is 237 Å². The Morgan fingerprint density at radius 3 is 0.724 bits per heavy atom. The zero-order chi connectivity index (χ0) is 71.9. The fraction of sp³-hybridized carbons (Fsp3) is 0.949. The number of hydrogen-bond donors (Lipinski definition) is 3. The van der Waals surface area contributed by atoms with Crippen molar-refractivity contribution in [2.75, 3.05) is 39.6 Å². The van der Waals surface area contributed by atoms with Crippen LogP contribution in [-0.4, -0.2) is 96.7 Å². The molecule has 19 heteroatoms. The van der Waals surface area contributed by atoms with E-state index in [0.29, 0.717) is 25.7 Å². The van der Waals surface area contributed by atoms with Gasteiger partial charge in [0.1, 0.15) is 19.3 Å². The van der Waals surface area contributed by atoms with Crippen LogP contribution in [0.5, 0.6) is 0 Å². The van der Waals surface area contributed by atoms with E-state index < -0.39 is 97.5 Å². The Bertz CT molecular complexity index is 1880. The smallest absolute Gasteiger partial charge is 0.462 e. The highest BCUT2D eigenvalue weighted by molar-refractivity contribution is 7.47. The summed E-state index contributed by atoms with van der Waals surface area (Å²) >= 11 is 0. The Labute approximate surface area is 600 Å². The molecule has 582 valence electrons. The number of carbonyl (C=O) groups is 4. The lowest BCUT2D eigenvalue weighted by atomic mass is 9.99. The van der Waals surface area contributed by atoms with Crippen LogP contribution >= 0.6 is 15.6 Å². The van der Waals surface area contributed by atoms with Crippen LogP contribution in [-0.2, 0) is 65.4 Å². The fourth-order valence-electron chi connectivity index (χ4n) is 12.2. The lowest BCUT2D eigenvalue weighted by Gasteiger charge is -2.21. The Balaban J connectivity index is 5.21. The van der Waals surface area contributed by atoms with Crippen molar-refractivity contribution in [3.63, 3.8) is 0 Å². The van der Waals surface area contributed by atoms with Gasteiger partial charge in [-0.2, -0.15) is 0 Å². The first kappa shape index (κ1) is 96.1. The first-order valence-corrected chi connectivity index (χ1v) is 44.2. The van der Waals surface area contributed by atoms with Gasteiger partial charge in [0.05, 0.1) is 26.4 Å². The third-order valence-electron chi connectivity index (χ3n) is 18.9. The highest BCUT2D eigenvalue weighted by Gasteiger charge is 2.30. The maximum absolute atomic E-state index is 13.1. The summed E-state index contributed by atoms with van der Waals surface area (Å²) in [5, 5.41) is 10.6. The van der Waals surface area contributed by atoms with E-state index in [1.54, 1.807) is 0 Å². The second-order valence-corrected chi connectivity index (χ2v) is 31.6. The van der Waals surface area contributed by atoms with E-state index in [-0.39, 0.29) is 25.7 Å². The third kappa shape index (κ3) is 71.1. The summed E-state index contributed by atoms with van der Waals surface area (Å²) in [5.74, 6) is -1.30. The molecular weight excluding hydrogens is 1280 g/mol. The lowest BCUT2D eigenvalue weighted by molar-refractivity contribution is -0.161. The minimum Gasteiger partial charge on any atom is -0.462 e. The maximum atomic E-state index is 13.1. The lowest BCUT2D eigenvalue weighted by Crippen LogP contribution is -2.30. The number of rotatable bonds is 79. The van der Waals surface area contributed by atoms with Crippen LogP contribution in [0.2, 0.25) is 0 Å². The van der Waals surface area contributed by atoms with E-state index in [9.17, 15) is 43.2 Å². The van der Waals surface area contributed by atoms with Gasteiger partial charge in [0.25, 0.3) is 0 Å². The molecule has 17 nitrogen and oxygen atoms in total. The Morgan fingerprint density at radius 2 is 0.490 bits per heavy atom. The summed E-state index contributed by atoms with van der Waals surface area (Å²) in [6, 6.07) is 0. The van der Waals surface area contributed by atoms with Gasteiger partial charge in [-0.3, -0.25) is 37.3 Å². The minimum absolute atomic E-state index is 0.108. The van der Waals surface area contributed by atoms with Crippen LogP contribution < -0.4 is 0 Å². The zero-order valence-corrected chi connectivity index (χ0v) is 65.7. The molecule has 0 rings (SSSR count). The van der Waals surface area contributed by atoms with Gasteiger partial charge in [0, 0.05) is 25.7 Å². The number of unbranched alkanes of at least 4 members (excludes halogenated alkanes) is 50. The van der Waals surface area contributed by atoms with Gasteiger partial charge in [-0.25, -0.2) is 9.13 Å². The van der Waals surface area contributed by atoms with Gasteiger partial charge in [0.2, 0.25) is 0 Å². The predicted octanol–water partition coefficient (Wildman–Crippen LogP) is 23.6. The Morgan fingerprint density at radius 1 is 0.286 bits per heavy atom. The van der Waals surface area contributed by atoms with E-state index in [4.69, 9.17) is 37.0 Å². The fourth-order valence-corrected chi connectivity index (χ4v) is 13.8. The molecule has 0 heterocycles. The minimum atomic E-state index is -4.96. The normalized spacial score (nSPS) is 14.2. The quantitative estimate of drug-likeness (QED) is 0.0222. The van der Waals surface area contributed by atoms with Gasteiger partial charge in [0.15, 0.2) is 12.2 Å². The molecule has 3 N–H and O–H groups in total. The van der Waals surface area contributed by atoms with Crippen molar-refractivity contribution in [3.05, 3.63) is 0 Å². The summed E-state index contributed by atoms with van der Waals surface area (Å²) in [6.07, 6.45) is 62.3. The van der Waals surface area contributed by atoms with Crippen molar-refractivity contribution in [2.45, 2.75) is 438 Å². The molecule has 0 amide bonds. The molecule has 0 aromatic heterocycles. The molecule has 0 aliphatic carbocycles. The summed E-state index contributed by atoms with van der Waals surface area (Å²) in [5.41, 5.74) is 0. The molecule has 0 spiro atoms. The van der Waals surface area contributed by atoms with Crippen molar-refractivity contribution in [1.29, 1.82) is 0 Å². The van der Waals surface area contributed by atoms with Crippen LogP contribution in [0.3, 0.4) is 0 Å². The second kappa shape index (κ2) is 72.0. The molecule has 98 heavy (non-hydrogen) atoms. The maximum Gasteiger partial charge on any atom is 0.472 e. The molecule has 0 aliphatic heterocycles. The SMILES string of the molecule is CCCCCCCCCCCCCCCCCCCCCCCC(=O)O[C@H](COC(=O)CCCCCCCCCCCCC(C)CC)COP(=O)(O)OC[C@@H](O)COP(=O)(O)OC[C@@H](COC(=O)CCCCCCCCCCCCC)OC(=O)CCCCCCCCCCCCCC. The van der Waals surface area contributed by atoms with Crippen molar-refractivity contribution in [1.82, 2.24) is 0 Å². The number of carbonyl (C=O) groups excluding carboxylic acids is 4. The number of phosphoric acid groups is 2. The standard InChI is InChI=1S/C79H154O17P2/c1-6-10-13-16-19-22-25-27-28-29-30-31-32-33-34-35-38-45-50-55-60-65-79(84)96-75(69-90-77(82)63-58-53-48-43-40-39-41-46-51-56-61-72(5)9-4)71-94-98(87,88)92-67-73(80)66-91-97(85,86)93-70-74(68-89-76(81)62-57-52-47-42-36-24-21-18-15-12-8-3)95-78(83)64-59-54-49-44-37-26-23-20-17-14-11-7-2/h72-75,80H,6-71H2,1-5H3,(H,85,86)(H,87,88)/t72?,73-,74+,75+/m0/s1. The summed E-state index contributed by atoms with van der Waals surface area (Å²) < 4.78 is 68.6. The molecular formula is C79H154O17P2. The average molecular weight is 1440 g/mol. The number of hydrogen-bond acceptors (Lipinski definition) is 15. The van der Waals surface area contributed by atoms with Gasteiger partial charge >= 0.3 is 39.5 Å². The monoisotopic (exact) mass is 1440 g/mol. The van der Waals surface area contributed by atoms with Gasteiger partial charge in [-0.15, -0.1) is 0 Å². The molecule has 0 fully saturated rings. The van der Waals surface area contributed by atoms with E-state index in [1.807, 2.05) is 0 Å². The number of ether oxygens (including phenoxy) is 4. The van der Waals surface area contributed by atoms with Crippen LogP contribution in [0.4, 0.5) is 0 Å². The molecule has 0 radical (unpaired) electrons. The molecule has 0 aromatic carbocycles. The molecule has 0 aromatic rings. The summed E-state index contributed by atoms with van der Waals surface area (Å²) in [6.45, 7) is 7.34. The Kier molecular flexibility index (Phi) is 70.6. The first-order chi connectivity index (χ1) is 47.6. The van der Waals surface area contributed by atoms with Crippen LogP contribution in [0.1, 0.15) is 420 Å². The number of aliphatic hydroxyl groups is 1. The van der Waals surface area contributed by atoms with E-state index in [2.05, 4.69) is 34.6 Å². The summed E-state index contributed by atoms with van der Waals surface area (Å²) in [4.78, 5) is 72.9. The van der Waals surface area contributed by atoms with Crippen LogP contribution in [0.25, 0.3) is 0 Å². The van der Waals surface area contributed by atoms with Gasteiger partial charge < -0.3 is 33.8 Å². The zero-order valence-electron chi connectivity index (χ0n) is 63.9. The van der Waals surface area contributed by atoms with Crippen molar-refractivity contribution in [2.24, 2.45) is 5.92 Å². The Hall–Kier alpha value is -1.94. The highest BCUT2D eigenvalue weighted by Crippen LogP contribution is 2.45. The van der Waals surface area contributed by atoms with Crippen molar-refractivity contribution in [3.8, 4) is 0 Å². The first-order valence-electron chi connectivity index (χ1n) is 41.2. The number of phosphoric ester groups is 2. The van der Waals surface area contributed by atoms with Gasteiger partial charge in [-0.1, -0.05) is 369 Å². The highest BCUT2D eigenvalue weighted by atomic mass is 31.2. The van der Waals surface area contributed by atoms with Crippen LogP contribution in [0, 0.1) is 5.92 Å².